The Morgan fingerprint density at radius 2 is 2.26 bits per heavy atom. The van der Waals surface area contributed by atoms with Crippen LogP contribution in [0.1, 0.15) is 18.2 Å². The molecule has 0 spiro atoms. The molecule has 116 valence electrons. The fourth-order valence-electron chi connectivity index (χ4n) is 1.80. The van der Waals surface area contributed by atoms with Crippen LogP contribution in [-0.2, 0) is 4.79 Å². The van der Waals surface area contributed by atoms with Gasteiger partial charge in [-0.2, -0.15) is 16.6 Å². The Morgan fingerprint density at radius 3 is 2.70 bits per heavy atom. The Hall–Kier alpha value is -2.52. The second-order valence-corrected chi connectivity index (χ2v) is 5.38. The molecule has 0 atom stereocenters. The summed E-state index contributed by atoms with van der Waals surface area (Å²) in [4.78, 5) is 14.6. The van der Waals surface area contributed by atoms with Gasteiger partial charge in [0.15, 0.2) is 0 Å². The van der Waals surface area contributed by atoms with E-state index in [1.165, 1.54) is 0 Å². The summed E-state index contributed by atoms with van der Waals surface area (Å²) in [6, 6.07) is 6.00. The van der Waals surface area contributed by atoms with Crippen molar-refractivity contribution in [3.63, 3.8) is 0 Å². The minimum atomic E-state index is -0.379. The molecule has 0 aliphatic heterocycles. The molecule has 0 aromatic carbocycles. The van der Waals surface area contributed by atoms with Crippen LogP contribution in [0.25, 0.3) is 11.1 Å². The summed E-state index contributed by atoms with van der Waals surface area (Å²) >= 11 is 1.62. The molecule has 2 N–H and O–H groups in total. The van der Waals surface area contributed by atoms with E-state index in [1.54, 1.807) is 43.4 Å². The topological polar surface area (TPSA) is 79.8 Å². The van der Waals surface area contributed by atoms with Crippen LogP contribution in [0.2, 0.25) is 6.82 Å². The molecule has 6 heteroatoms. The van der Waals surface area contributed by atoms with Crippen molar-refractivity contribution in [2.75, 3.05) is 0 Å². The van der Waals surface area contributed by atoms with Crippen molar-refractivity contribution in [3.8, 4) is 17.2 Å². The molecule has 2 aromatic heterocycles. The third kappa shape index (κ3) is 5.64. The van der Waals surface area contributed by atoms with Gasteiger partial charge in [-0.15, -0.1) is 0 Å². The van der Waals surface area contributed by atoms with Crippen LogP contribution in [0.3, 0.4) is 0 Å². The first-order chi connectivity index (χ1) is 11.0. The largest absolute Gasteiger partial charge is 0.261 e. The van der Waals surface area contributed by atoms with Gasteiger partial charge in [0.25, 0.3) is 0 Å². The summed E-state index contributed by atoms with van der Waals surface area (Å²) in [5, 5.41) is 13.0. The summed E-state index contributed by atoms with van der Waals surface area (Å²) in [7, 11) is 0. The number of aromatic nitrogens is 1. The van der Waals surface area contributed by atoms with Crippen molar-refractivity contribution < 1.29 is 4.79 Å². The van der Waals surface area contributed by atoms with Gasteiger partial charge in [0.2, 0.25) is 0 Å². The molecular weight excluding hydrogens is 305 g/mol. The molecule has 2 rings (SSSR count). The van der Waals surface area contributed by atoms with Gasteiger partial charge in [0.05, 0.1) is 11.6 Å². The standard InChI is InChI=1S/C11H8N2S.C6H10BNO/c1-8-4-10(5-12)11(6-13-8)9-2-3-14-7-9;1-3-5(4-7-2)6(8)9/h2-4,6-7H,1H3;3-4H,1-2H3,(H2,8,9)/b;5-3+. The first-order valence-electron chi connectivity index (χ1n) is 7.01. The van der Waals surface area contributed by atoms with E-state index in [2.05, 4.69) is 11.1 Å². The van der Waals surface area contributed by atoms with E-state index in [0.717, 1.165) is 16.8 Å². The predicted molar refractivity (Wildman–Crippen MR) is 97.6 cm³/mol. The Bertz CT molecular complexity index is 759. The van der Waals surface area contributed by atoms with Crippen molar-refractivity contribution in [3.05, 3.63) is 52.0 Å². The van der Waals surface area contributed by atoms with Gasteiger partial charge in [-0.05, 0) is 35.4 Å². The number of nitriles is 1. The molecule has 23 heavy (non-hydrogen) atoms. The molecule has 0 aliphatic carbocycles. The Kier molecular flexibility index (Phi) is 7.65. The van der Waals surface area contributed by atoms with E-state index in [1.807, 2.05) is 36.6 Å². The zero-order chi connectivity index (χ0) is 17.2. The number of rotatable bonds is 3. The third-order valence-corrected chi connectivity index (χ3v) is 3.62. The summed E-state index contributed by atoms with van der Waals surface area (Å²) in [6.07, 6.45) is 3.44. The van der Waals surface area contributed by atoms with Crippen LogP contribution in [0, 0.1) is 18.3 Å². The van der Waals surface area contributed by atoms with Gasteiger partial charge in [-0.25, -0.2) is 0 Å². The molecule has 2 aromatic rings. The van der Waals surface area contributed by atoms with Crippen molar-refractivity contribution in [1.29, 1.82) is 5.26 Å². The third-order valence-electron chi connectivity index (χ3n) is 2.94. The van der Waals surface area contributed by atoms with Crippen LogP contribution in [0.4, 0.5) is 0 Å². The quantitative estimate of drug-likeness (QED) is 0.696. The monoisotopic (exact) mass is 323 g/mol. The Morgan fingerprint density at radius 1 is 1.52 bits per heavy atom. The molecule has 0 aliphatic rings. The van der Waals surface area contributed by atoms with Crippen molar-refractivity contribution in [2.24, 2.45) is 5.73 Å². The normalized spacial score (nSPS) is 10.4. The minimum absolute atomic E-state index is 0.379. The minimum Gasteiger partial charge on any atom is -0.261 e. The number of amides is 1. The van der Waals surface area contributed by atoms with Crippen LogP contribution in [0.15, 0.2) is 40.7 Å². The van der Waals surface area contributed by atoms with Gasteiger partial charge in [0, 0.05) is 17.5 Å². The Balaban J connectivity index is 0.000000257. The van der Waals surface area contributed by atoms with E-state index in [-0.39, 0.29) is 5.91 Å². The van der Waals surface area contributed by atoms with Gasteiger partial charge in [0.1, 0.15) is 0 Å². The average molecular weight is 323 g/mol. The predicted octanol–water partition coefficient (Wildman–Crippen LogP) is 2.96. The van der Waals surface area contributed by atoms with Gasteiger partial charge in [-0.3, -0.25) is 4.98 Å². The van der Waals surface area contributed by atoms with E-state index in [4.69, 9.17) is 11.0 Å². The number of carbonyl (C=O) groups is 1. The summed E-state index contributed by atoms with van der Waals surface area (Å²) < 4.78 is 0. The zero-order valence-electron chi connectivity index (χ0n) is 13.4. The van der Waals surface area contributed by atoms with Crippen molar-refractivity contribution >= 4 is 30.1 Å². The van der Waals surface area contributed by atoms with Crippen LogP contribution >= 0.6 is 11.3 Å². The maximum Gasteiger partial charge on any atom is 0.0999 e. The fourth-order valence-corrected chi connectivity index (χ4v) is 2.46. The molecule has 0 saturated carbocycles. The van der Waals surface area contributed by atoms with Gasteiger partial charge in [-0.1, -0.05) is 0 Å². The molecule has 0 unspecified atom stereocenters. The second-order valence-electron chi connectivity index (χ2n) is 4.60. The molecule has 4 nitrogen and oxygen atoms in total. The average Bonchev–Trinajstić information content (AvgIpc) is 3.07. The zero-order valence-corrected chi connectivity index (χ0v) is 14.2. The number of nitrogens with zero attached hydrogens (tertiary/aromatic N) is 2. The molecular formula is C17H18BN3OS. The SMILES string of the molecule is CB=C/C(=C\C)C(N)=O.Cc1cc(C#N)c(-c2ccsc2)cn1. The molecule has 0 fully saturated rings. The summed E-state index contributed by atoms with van der Waals surface area (Å²) in [6.45, 7) is 7.28. The molecule has 0 bridgehead atoms. The first kappa shape index (κ1) is 18.5. The number of pyridine rings is 1. The maximum atomic E-state index is 10.4. The Labute approximate surface area is 141 Å². The molecule has 2 heterocycles. The fraction of sp³-hybridized carbons (Fsp3) is 0.176. The first-order valence-corrected chi connectivity index (χ1v) is 7.95. The van der Waals surface area contributed by atoms with Crippen LogP contribution in [0.5, 0.6) is 0 Å². The summed E-state index contributed by atoms with van der Waals surface area (Å²) in [5.74, 6) is 1.30. The van der Waals surface area contributed by atoms with Gasteiger partial charge < -0.3 is 0 Å². The van der Waals surface area contributed by atoms with E-state index in [0.29, 0.717) is 11.1 Å². The van der Waals surface area contributed by atoms with Gasteiger partial charge >= 0.3 is 54.7 Å². The van der Waals surface area contributed by atoms with Crippen LogP contribution < -0.4 is 5.73 Å². The number of nitrogens with two attached hydrogens (primary N) is 1. The van der Waals surface area contributed by atoms with Crippen molar-refractivity contribution in [1.82, 2.24) is 4.98 Å². The second kappa shape index (κ2) is 9.49. The van der Waals surface area contributed by atoms with Crippen LogP contribution in [-0.4, -0.2) is 23.8 Å². The molecule has 0 saturated heterocycles. The summed E-state index contributed by atoms with van der Waals surface area (Å²) in [5.41, 5.74) is 9.08. The number of carbonyl (C=O) groups excluding carboxylic acids is 1. The number of primary amides is 1. The molecule has 0 radical (unpaired) electrons. The van der Waals surface area contributed by atoms with E-state index >= 15 is 0 Å². The van der Waals surface area contributed by atoms with E-state index < -0.39 is 0 Å². The smallest absolute Gasteiger partial charge is 0.0999 e. The number of hydrogen-bond acceptors (Lipinski definition) is 4. The van der Waals surface area contributed by atoms with Crippen molar-refractivity contribution in [2.45, 2.75) is 20.7 Å². The van der Waals surface area contributed by atoms with E-state index in [9.17, 15) is 4.79 Å². The number of hydrogen-bond donors (Lipinski definition) is 1. The number of thiophene rings is 1. The maximum absolute atomic E-state index is 10.4. The number of allylic oxidation sites excluding steroid dienone is 1. The number of aryl methyl sites for hydroxylation is 1. The molecule has 1 amide bonds.